The highest BCUT2D eigenvalue weighted by atomic mass is 32.2. The number of fused-ring (bicyclic) bond motifs is 1. The Morgan fingerprint density at radius 1 is 1.09 bits per heavy atom. The van der Waals surface area contributed by atoms with Crippen LogP contribution in [0.1, 0.15) is 11.3 Å². The van der Waals surface area contributed by atoms with Gasteiger partial charge in [-0.05, 0) is 55.9 Å². The van der Waals surface area contributed by atoms with Crippen LogP contribution in [0.2, 0.25) is 0 Å². The van der Waals surface area contributed by atoms with E-state index in [4.69, 9.17) is 0 Å². The van der Waals surface area contributed by atoms with Crippen molar-refractivity contribution in [3.05, 3.63) is 59.3 Å². The standard InChI is InChI=1S/C17H16F2N2S/c1-10-17(14-8-13(19)3-5-15(14)21-10)22-16-6-4-12(18)7-11(16)9-20-2/h3-8,20-21H,9H2,1-2H3. The van der Waals surface area contributed by atoms with E-state index in [-0.39, 0.29) is 11.6 Å². The predicted molar refractivity (Wildman–Crippen MR) is 86.3 cm³/mol. The first kappa shape index (κ1) is 15.1. The number of aromatic nitrogens is 1. The number of hydrogen-bond donors (Lipinski definition) is 2. The molecule has 5 heteroatoms. The van der Waals surface area contributed by atoms with E-state index in [2.05, 4.69) is 10.3 Å². The number of aryl methyl sites for hydroxylation is 1. The molecule has 0 saturated heterocycles. The molecule has 3 rings (SSSR count). The summed E-state index contributed by atoms with van der Waals surface area (Å²) >= 11 is 1.53. The van der Waals surface area contributed by atoms with Crippen LogP contribution in [0.3, 0.4) is 0 Å². The summed E-state index contributed by atoms with van der Waals surface area (Å²) in [7, 11) is 1.83. The Morgan fingerprint density at radius 2 is 1.82 bits per heavy atom. The van der Waals surface area contributed by atoms with Gasteiger partial charge in [-0.1, -0.05) is 11.8 Å². The van der Waals surface area contributed by atoms with Crippen molar-refractivity contribution < 1.29 is 8.78 Å². The molecule has 0 spiro atoms. The number of aromatic amines is 1. The van der Waals surface area contributed by atoms with Crippen LogP contribution in [0, 0.1) is 18.6 Å². The average molecular weight is 318 g/mol. The Bertz CT molecular complexity index is 827. The van der Waals surface area contributed by atoms with Gasteiger partial charge in [0.05, 0.1) is 0 Å². The highest BCUT2D eigenvalue weighted by Gasteiger charge is 2.13. The first-order valence-corrected chi connectivity index (χ1v) is 7.79. The molecule has 0 aliphatic rings. The van der Waals surface area contributed by atoms with Gasteiger partial charge in [-0.15, -0.1) is 0 Å². The molecule has 0 unspecified atom stereocenters. The van der Waals surface area contributed by atoms with Gasteiger partial charge in [0.1, 0.15) is 11.6 Å². The topological polar surface area (TPSA) is 27.8 Å². The SMILES string of the molecule is CNCc1cc(F)ccc1Sc1c(C)[nH]c2ccc(F)cc12. The maximum absolute atomic E-state index is 13.5. The van der Waals surface area contributed by atoms with E-state index in [1.807, 2.05) is 14.0 Å². The van der Waals surface area contributed by atoms with Crippen LogP contribution in [0.15, 0.2) is 46.2 Å². The zero-order valence-electron chi connectivity index (χ0n) is 12.3. The molecule has 0 saturated carbocycles. The lowest BCUT2D eigenvalue weighted by molar-refractivity contribution is 0.621. The van der Waals surface area contributed by atoms with Crippen molar-refractivity contribution >= 4 is 22.7 Å². The molecule has 0 atom stereocenters. The summed E-state index contributed by atoms with van der Waals surface area (Å²) in [6, 6.07) is 9.46. The van der Waals surface area contributed by atoms with E-state index in [1.54, 1.807) is 12.1 Å². The van der Waals surface area contributed by atoms with E-state index in [0.29, 0.717) is 6.54 Å². The molecule has 22 heavy (non-hydrogen) atoms. The van der Waals surface area contributed by atoms with Crippen LogP contribution in [-0.4, -0.2) is 12.0 Å². The highest BCUT2D eigenvalue weighted by Crippen LogP contribution is 2.38. The molecule has 2 aromatic carbocycles. The number of hydrogen-bond acceptors (Lipinski definition) is 2. The van der Waals surface area contributed by atoms with Gasteiger partial charge < -0.3 is 10.3 Å². The Hall–Kier alpha value is -1.85. The monoisotopic (exact) mass is 318 g/mol. The van der Waals surface area contributed by atoms with Crippen LogP contribution in [0.25, 0.3) is 10.9 Å². The third-order valence-electron chi connectivity index (χ3n) is 3.49. The molecule has 3 aromatic rings. The Morgan fingerprint density at radius 3 is 2.59 bits per heavy atom. The summed E-state index contributed by atoms with van der Waals surface area (Å²) in [5, 5.41) is 3.89. The number of H-pyrrole nitrogens is 1. The third kappa shape index (κ3) is 2.87. The molecule has 0 amide bonds. The van der Waals surface area contributed by atoms with E-state index in [1.165, 1.54) is 36.0 Å². The maximum Gasteiger partial charge on any atom is 0.123 e. The minimum Gasteiger partial charge on any atom is -0.358 e. The maximum atomic E-state index is 13.5. The van der Waals surface area contributed by atoms with Gasteiger partial charge in [0, 0.05) is 32.9 Å². The zero-order valence-corrected chi connectivity index (χ0v) is 13.2. The summed E-state index contributed by atoms with van der Waals surface area (Å²) in [6.07, 6.45) is 0. The van der Waals surface area contributed by atoms with Gasteiger partial charge in [-0.25, -0.2) is 8.78 Å². The molecule has 1 heterocycles. The lowest BCUT2D eigenvalue weighted by Gasteiger charge is -2.09. The van der Waals surface area contributed by atoms with Crippen molar-refractivity contribution in [2.45, 2.75) is 23.3 Å². The van der Waals surface area contributed by atoms with Gasteiger partial charge in [-0.3, -0.25) is 0 Å². The van der Waals surface area contributed by atoms with Crippen LogP contribution >= 0.6 is 11.8 Å². The molecular weight excluding hydrogens is 302 g/mol. The fourth-order valence-corrected chi connectivity index (χ4v) is 3.59. The van der Waals surface area contributed by atoms with Crippen LogP contribution in [0.4, 0.5) is 8.78 Å². The van der Waals surface area contributed by atoms with Crippen molar-refractivity contribution in [2.24, 2.45) is 0 Å². The quantitative estimate of drug-likeness (QED) is 0.734. The van der Waals surface area contributed by atoms with E-state index in [9.17, 15) is 8.78 Å². The molecule has 2 N–H and O–H groups in total. The van der Waals surface area contributed by atoms with E-state index >= 15 is 0 Å². The molecular formula is C17H16F2N2S. The van der Waals surface area contributed by atoms with Crippen molar-refractivity contribution in [3.8, 4) is 0 Å². The van der Waals surface area contributed by atoms with E-state index in [0.717, 1.165) is 32.0 Å². The largest absolute Gasteiger partial charge is 0.358 e. The molecule has 0 bridgehead atoms. The van der Waals surface area contributed by atoms with E-state index < -0.39 is 0 Å². The Balaban J connectivity index is 2.06. The number of nitrogens with one attached hydrogen (secondary N) is 2. The van der Waals surface area contributed by atoms with Gasteiger partial charge >= 0.3 is 0 Å². The van der Waals surface area contributed by atoms with Gasteiger partial charge in [0.25, 0.3) is 0 Å². The lowest BCUT2D eigenvalue weighted by atomic mass is 10.2. The zero-order chi connectivity index (χ0) is 15.7. The van der Waals surface area contributed by atoms with Crippen molar-refractivity contribution in [1.29, 1.82) is 0 Å². The van der Waals surface area contributed by atoms with Gasteiger partial charge in [0.15, 0.2) is 0 Å². The highest BCUT2D eigenvalue weighted by molar-refractivity contribution is 7.99. The minimum atomic E-state index is -0.261. The summed E-state index contributed by atoms with van der Waals surface area (Å²) in [4.78, 5) is 5.19. The van der Waals surface area contributed by atoms with Crippen molar-refractivity contribution in [3.63, 3.8) is 0 Å². The first-order valence-electron chi connectivity index (χ1n) is 6.97. The molecule has 0 aliphatic carbocycles. The first-order chi connectivity index (χ1) is 10.6. The minimum absolute atomic E-state index is 0.253. The molecule has 0 radical (unpaired) electrons. The second-order valence-corrected chi connectivity index (χ2v) is 6.21. The molecule has 1 aromatic heterocycles. The number of benzene rings is 2. The average Bonchev–Trinajstić information content (AvgIpc) is 2.78. The third-order valence-corrected chi connectivity index (χ3v) is 4.84. The summed E-state index contributed by atoms with van der Waals surface area (Å²) in [5.74, 6) is -0.515. The number of rotatable bonds is 4. The fourth-order valence-electron chi connectivity index (χ4n) is 2.49. The van der Waals surface area contributed by atoms with Crippen molar-refractivity contribution in [2.75, 3.05) is 7.05 Å². The second kappa shape index (κ2) is 6.10. The Labute approximate surface area is 131 Å². The lowest BCUT2D eigenvalue weighted by Crippen LogP contribution is -2.06. The molecule has 0 aliphatic heterocycles. The Kier molecular flexibility index (Phi) is 4.18. The molecule has 114 valence electrons. The summed E-state index contributed by atoms with van der Waals surface area (Å²) in [6.45, 7) is 2.54. The summed E-state index contributed by atoms with van der Waals surface area (Å²) in [5.41, 5.74) is 2.77. The second-order valence-electron chi connectivity index (χ2n) is 5.15. The van der Waals surface area contributed by atoms with Gasteiger partial charge in [-0.2, -0.15) is 0 Å². The van der Waals surface area contributed by atoms with Crippen LogP contribution < -0.4 is 5.32 Å². The molecule has 0 fully saturated rings. The number of halogens is 2. The smallest absolute Gasteiger partial charge is 0.123 e. The molecule has 2 nitrogen and oxygen atoms in total. The normalized spacial score (nSPS) is 11.3. The van der Waals surface area contributed by atoms with Crippen molar-refractivity contribution in [1.82, 2.24) is 10.3 Å². The van der Waals surface area contributed by atoms with Crippen LogP contribution in [0.5, 0.6) is 0 Å². The summed E-state index contributed by atoms with van der Waals surface area (Å²) < 4.78 is 27.0. The van der Waals surface area contributed by atoms with Crippen LogP contribution in [-0.2, 0) is 6.54 Å². The predicted octanol–water partition coefficient (Wildman–Crippen LogP) is 4.63. The van der Waals surface area contributed by atoms with Gasteiger partial charge in [0.2, 0.25) is 0 Å². The fraction of sp³-hybridized carbons (Fsp3) is 0.176.